The lowest BCUT2D eigenvalue weighted by Crippen LogP contribution is -2.64. The van der Waals surface area contributed by atoms with E-state index in [1.807, 2.05) is 6.92 Å². The molecule has 1 saturated heterocycles. The van der Waals surface area contributed by atoms with Gasteiger partial charge in [-0.15, -0.1) is 0 Å². The maximum atomic E-state index is 13.2. The molecule has 3 aliphatic rings. The van der Waals surface area contributed by atoms with Gasteiger partial charge in [0, 0.05) is 25.3 Å². The minimum Gasteiger partial charge on any atom is -0.459 e. The molecule has 1 saturated carbocycles. The molecule has 0 aromatic rings. The molecule has 0 spiro atoms. The van der Waals surface area contributed by atoms with E-state index in [4.69, 9.17) is 23.7 Å². The van der Waals surface area contributed by atoms with Crippen LogP contribution in [0.1, 0.15) is 101 Å². The normalized spacial score (nSPS) is 35.0. The molecule has 0 aromatic carbocycles. The van der Waals surface area contributed by atoms with Crippen LogP contribution in [0.25, 0.3) is 0 Å². The molecule has 12 heteroatoms. The SMILES string of the molecule is C/C=C(/C)C(=O)O[C@H]1C(C)=C2[C@H]([C@H]1OC(=O)CCCCC)[C@@](C)(OC(C)=O)C[C@H](OC(=O)[C@@H](C)CC)[C@@]1(O)[C@H]2OC(=O)[C@@]1(C)O. The number of rotatable bonds is 11. The van der Waals surface area contributed by atoms with Crippen LogP contribution in [0.5, 0.6) is 0 Å². The molecule has 9 atom stereocenters. The predicted molar refractivity (Wildman–Crippen MR) is 159 cm³/mol. The first-order valence-electron chi connectivity index (χ1n) is 15.7. The van der Waals surface area contributed by atoms with E-state index in [9.17, 15) is 34.2 Å². The molecule has 12 nitrogen and oxygen atoms in total. The van der Waals surface area contributed by atoms with Crippen LogP contribution >= 0.6 is 0 Å². The van der Waals surface area contributed by atoms with Crippen LogP contribution in [0, 0.1) is 11.8 Å². The topological polar surface area (TPSA) is 172 Å². The summed E-state index contributed by atoms with van der Waals surface area (Å²) >= 11 is 0. The van der Waals surface area contributed by atoms with Crippen molar-refractivity contribution in [2.45, 2.75) is 142 Å². The van der Waals surface area contributed by atoms with Crippen molar-refractivity contribution in [2.75, 3.05) is 0 Å². The van der Waals surface area contributed by atoms with Crippen LogP contribution in [0.3, 0.4) is 0 Å². The van der Waals surface area contributed by atoms with Gasteiger partial charge in [0.15, 0.2) is 29.5 Å². The first kappa shape index (κ1) is 36.2. The van der Waals surface area contributed by atoms with E-state index in [2.05, 4.69) is 0 Å². The van der Waals surface area contributed by atoms with Crippen LogP contribution in [-0.2, 0) is 47.7 Å². The second-order valence-corrected chi connectivity index (χ2v) is 12.9. The van der Waals surface area contributed by atoms with E-state index in [0.717, 1.165) is 19.8 Å². The summed E-state index contributed by atoms with van der Waals surface area (Å²) in [5, 5.41) is 23.9. The third-order valence-electron chi connectivity index (χ3n) is 9.56. The lowest BCUT2D eigenvalue weighted by atomic mass is 9.75. The van der Waals surface area contributed by atoms with Gasteiger partial charge in [0.2, 0.25) is 0 Å². The Morgan fingerprint density at radius 3 is 2.27 bits per heavy atom. The molecule has 45 heavy (non-hydrogen) atoms. The van der Waals surface area contributed by atoms with Gasteiger partial charge in [-0.3, -0.25) is 14.4 Å². The zero-order valence-corrected chi connectivity index (χ0v) is 27.8. The van der Waals surface area contributed by atoms with Crippen molar-refractivity contribution in [3.63, 3.8) is 0 Å². The Labute approximate surface area is 264 Å². The zero-order chi connectivity index (χ0) is 34.1. The molecule has 3 rings (SSSR count). The Hall–Kier alpha value is -3.25. The fourth-order valence-corrected chi connectivity index (χ4v) is 6.55. The van der Waals surface area contributed by atoms with Gasteiger partial charge in [-0.25, -0.2) is 9.59 Å². The monoisotopic (exact) mass is 636 g/mol. The fourth-order valence-electron chi connectivity index (χ4n) is 6.55. The highest BCUT2D eigenvalue weighted by atomic mass is 16.6. The number of ether oxygens (including phenoxy) is 5. The van der Waals surface area contributed by atoms with Gasteiger partial charge in [-0.2, -0.15) is 0 Å². The predicted octanol–water partition coefficient (Wildman–Crippen LogP) is 3.39. The van der Waals surface area contributed by atoms with Crippen molar-refractivity contribution < 1.29 is 57.9 Å². The number of unbranched alkanes of at least 4 members (excludes halogenated alkanes) is 2. The summed E-state index contributed by atoms with van der Waals surface area (Å²) in [6, 6.07) is 0. The first-order valence-corrected chi connectivity index (χ1v) is 15.7. The van der Waals surface area contributed by atoms with Crippen molar-refractivity contribution in [2.24, 2.45) is 11.8 Å². The van der Waals surface area contributed by atoms with Gasteiger partial charge >= 0.3 is 29.8 Å². The number of allylic oxidation sites excluding steroid dienone is 1. The lowest BCUT2D eigenvalue weighted by Gasteiger charge is -2.42. The number of carbonyl (C=O) groups excluding carboxylic acids is 5. The molecular weight excluding hydrogens is 588 g/mol. The standard InChI is InChI=1S/C33H48O12/c1-10-13-14-15-22(35)42-26-24-23(19(6)25(26)43-29(37)18(5)12-3)27-33(40,32(9,39)30(38)44-27)21(41-28(36)17(4)11-2)16-31(24,8)45-20(7)34/h12,17,21,24-27,39-40H,10-11,13-16H2,1-9H3/b18-12-/t17-,21-,24+,25-,26+,27-,31-,32+,33+/m0/s1. The molecular formula is C33H48O12. The van der Waals surface area contributed by atoms with Crippen LogP contribution in [0.15, 0.2) is 22.8 Å². The van der Waals surface area contributed by atoms with Gasteiger partial charge in [0.1, 0.15) is 11.7 Å². The highest BCUT2D eigenvalue weighted by molar-refractivity contribution is 5.88. The minimum absolute atomic E-state index is 0.0660. The summed E-state index contributed by atoms with van der Waals surface area (Å²) in [5.74, 6) is -5.66. The number of fused-ring (bicyclic) bond motifs is 3. The number of hydrogen-bond donors (Lipinski definition) is 2. The average Bonchev–Trinajstić information content (AvgIpc) is 3.30. The quantitative estimate of drug-likeness (QED) is 0.112. The summed E-state index contributed by atoms with van der Waals surface area (Å²) in [6.07, 6.45) is -2.00. The van der Waals surface area contributed by atoms with Crippen molar-refractivity contribution in [1.82, 2.24) is 0 Å². The second kappa shape index (κ2) is 13.6. The van der Waals surface area contributed by atoms with Gasteiger partial charge in [-0.1, -0.05) is 39.7 Å². The smallest absolute Gasteiger partial charge is 0.341 e. The molecule has 0 bridgehead atoms. The van der Waals surface area contributed by atoms with Crippen molar-refractivity contribution in [1.29, 1.82) is 0 Å². The van der Waals surface area contributed by atoms with Crippen molar-refractivity contribution in [3.8, 4) is 0 Å². The lowest BCUT2D eigenvalue weighted by molar-refractivity contribution is -0.214. The van der Waals surface area contributed by atoms with E-state index in [0.29, 0.717) is 12.8 Å². The van der Waals surface area contributed by atoms with Crippen molar-refractivity contribution in [3.05, 3.63) is 22.8 Å². The molecule has 0 aromatic heterocycles. The molecule has 0 unspecified atom stereocenters. The van der Waals surface area contributed by atoms with E-state index in [1.54, 1.807) is 40.7 Å². The number of carbonyl (C=O) groups is 5. The van der Waals surface area contributed by atoms with Gasteiger partial charge in [0.05, 0.1) is 11.8 Å². The van der Waals surface area contributed by atoms with Crippen LogP contribution in [-0.4, -0.2) is 81.3 Å². The molecule has 2 fully saturated rings. The van der Waals surface area contributed by atoms with Gasteiger partial charge in [-0.05, 0) is 58.6 Å². The largest absolute Gasteiger partial charge is 0.459 e. The van der Waals surface area contributed by atoms with Crippen LogP contribution in [0.4, 0.5) is 0 Å². The van der Waals surface area contributed by atoms with Crippen LogP contribution in [0.2, 0.25) is 0 Å². The zero-order valence-electron chi connectivity index (χ0n) is 27.8. The summed E-state index contributed by atoms with van der Waals surface area (Å²) < 4.78 is 29.3. The highest BCUT2D eigenvalue weighted by Crippen LogP contribution is 2.57. The highest BCUT2D eigenvalue weighted by Gasteiger charge is 2.76. The third-order valence-corrected chi connectivity index (χ3v) is 9.56. The van der Waals surface area contributed by atoms with Crippen molar-refractivity contribution >= 4 is 29.8 Å². The Morgan fingerprint density at radius 1 is 1.07 bits per heavy atom. The maximum Gasteiger partial charge on any atom is 0.341 e. The summed E-state index contributed by atoms with van der Waals surface area (Å²) in [7, 11) is 0. The van der Waals surface area contributed by atoms with E-state index < -0.39 is 89.3 Å². The fraction of sp³-hybridized carbons (Fsp3) is 0.727. The van der Waals surface area contributed by atoms with E-state index >= 15 is 0 Å². The Balaban J connectivity index is 2.31. The summed E-state index contributed by atoms with van der Waals surface area (Å²) in [4.78, 5) is 65.2. The first-order chi connectivity index (χ1) is 20.9. The molecule has 252 valence electrons. The Morgan fingerprint density at radius 2 is 1.71 bits per heavy atom. The van der Waals surface area contributed by atoms with E-state index in [-0.39, 0.29) is 23.1 Å². The maximum absolute atomic E-state index is 13.2. The second-order valence-electron chi connectivity index (χ2n) is 12.9. The summed E-state index contributed by atoms with van der Waals surface area (Å²) in [5.41, 5.74) is -6.16. The molecule has 2 aliphatic carbocycles. The molecule has 0 amide bonds. The Bertz CT molecular complexity index is 1260. The molecule has 1 aliphatic heterocycles. The van der Waals surface area contributed by atoms with E-state index in [1.165, 1.54) is 13.8 Å². The Kier molecular flexibility index (Phi) is 11.0. The minimum atomic E-state index is -2.58. The van der Waals surface area contributed by atoms with Crippen LogP contribution < -0.4 is 0 Å². The third kappa shape index (κ3) is 6.54. The molecule has 2 N–H and O–H groups in total. The molecule has 1 heterocycles. The number of hydrogen-bond acceptors (Lipinski definition) is 12. The summed E-state index contributed by atoms with van der Waals surface area (Å²) in [6.45, 7) is 13.9. The number of esters is 5. The van der Waals surface area contributed by atoms with Gasteiger partial charge in [0.25, 0.3) is 0 Å². The molecule has 0 radical (unpaired) electrons. The van der Waals surface area contributed by atoms with Gasteiger partial charge < -0.3 is 33.9 Å². The number of aliphatic hydroxyl groups is 2. The average molecular weight is 637 g/mol.